The second kappa shape index (κ2) is 10.8. The van der Waals surface area contributed by atoms with E-state index in [1.54, 1.807) is 26.4 Å². The molecule has 2 aromatic rings. The summed E-state index contributed by atoms with van der Waals surface area (Å²) in [5, 5.41) is 0. The highest BCUT2D eigenvalue weighted by atomic mass is 16.5. The summed E-state index contributed by atoms with van der Waals surface area (Å²) in [5.74, 6) is 6.33. The maximum atomic E-state index is 11.7. The van der Waals surface area contributed by atoms with Gasteiger partial charge in [0.25, 0.3) is 0 Å². The second-order valence-corrected chi connectivity index (χ2v) is 4.64. The van der Waals surface area contributed by atoms with Crippen LogP contribution in [0.1, 0.15) is 41.2 Å². The molecular weight excluding hydrogens is 318 g/mol. The molecule has 0 aliphatic carbocycles. The van der Waals surface area contributed by atoms with Crippen LogP contribution in [0.5, 0.6) is 5.75 Å². The standard InChI is InChI=1S/C18H17NO4.C2H6/c1-21-12-15-10-14(11-17(19-15)18(20)23-3)5-4-13-6-8-16(22-2)9-7-13;1-2/h6-11H,12H2,1-3H3;1-2H3. The lowest BCUT2D eigenvalue weighted by Crippen LogP contribution is -2.07. The Bertz CT molecular complexity index is 743. The number of methoxy groups -OCH3 is 3. The number of nitrogens with zero attached hydrogens (tertiary/aromatic N) is 1. The van der Waals surface area contributed by atoms with E-state index in [2.05, 4.69) is 16.8 Å². The normalized spacial score (nSPS) is 9.16. The third-order valence-corrected chi connectivity index (χ3v) is 3.01. The van der Waals surface area contributed by atoms with E-state index in [1.165, 1.54) is 7.11 Å². The number of aromatic nitrogens is 1. The predicted molar refractivity (Wildman–Crippen MR) is 96.6 cm³/mol. The minimum Gasteiger partial charge on any atom is -0.497 e. The van der Waals surface area contributed by atoms with Crippen molar-refractivity contribution in [2.75, 3.05) is 21.3 Å². The van der Waals surface area contributed by atoms with Crippen LogP contribution in [0.15, 0.2) is 36.4 Å². The molecule has 5 nitrogen and oxygen atoms in total. The smallest absolute Gasteiger partial charge is 0.356 e. The molecule has 0 fully saturated rings. The molecule has 0 unspecified atom stereocenters. The van der Waals surface area contributed by atoms with Gasteiger partial charge in [-0.3, -0.25) is 0 Å². The van der Waals surface area contributed by atoms with Gasteiger partial charge in [-0.1, -0.05) is 25.7 Å². The average molecular weight is 341 g/mol. The van der Waals surface area contributed by atoms with E-state index in [4.69, 9.17) is 14.2 Å². The van der Waals surface area contributed by atoms with Crippen molar-refractivity contribution in [3.05, 3.63) is 58.9 Å². The van der Waals surface area contributed by atoms with Gasteiger partial charge in [-0.05, 0) is 36.4 Å². The highest BCUT2D eigenvalue weighted by Gasteiger charge is 2.10. The molecule has 0 aliphatic heterocycles. The molecule has 0 aliphatic rings. The van der Waals surface area contributed by atoms with Crippen LogP contribution in [0.2, 0.25) is 0 Å². The van der Waals surface area contributed by atoms with Gasteiger partial charge in [-0.25, -0.2) is 9.78 Å². The van der Waals surface area contributed by atoms with E-state index in [9.17, 15) is 4.79 Å². The number of esters is 1. The van der Waals surface area contributed by atoms with Gasteiger partial charge in [0, 0.05) is 18.2 Å². The van der Waals surface area contributed by atoms with Gasteiger partial charge >= 0.3 is 5.97 Å². The van der Waals surface area contributed by atoms with Gasteiger partial charge < -0.3 is 14.2 Å². The van der Waals surface area contributed by atoms with Gasteiger partial charge in [0.05, 0.1) is 26.5 Å². The fourth-order valence-electron chi connectivity index (χ4n) is 1.91. The van der Waals surface area contributed by atoms with E-state index in [-0.39, 0.29) is 5.69 Å². The van der Waals surface area contributed by atoms with Crippen LogP contribution in [0.25, 0.3) is 0 Å². The summed E-state index contributed by atoms with van der Waals surface area (Å²) in [6.45, 7) is 4.29. The fraction of sp³-hybridized carbons (Fsp3) is 0.300. The number of carbonyl (C=O) groups is 1. The van der Waals surface area contributed by atoms with Crippen LogP contribution < -0.4 is 4.74 Å². The molecule has 0 atom stereocenters. The van der Waals surface area contributed by atoms with Crippen LogP contribution in [0, 0.1) is 11.8 Å². The molecule has 0 N–H and O–H groups in total. The number of rotatable bonds is 4. The van der Waals surface area contributed by atoms with Crippen LogP contribution in [-0.4, -0.2) is 32.3 Å². The quantitative estimate of drug-likeness (QED) is 0.630. The molecule has 1 heterocycles. The van der Waals surface area contributed by atoms with Crippen molar-refractivity contribution >= 4 is 5.97 Å². The third-order valence-electron chi connectivity index (χ3n) is 3.01. The van der Waals surface area contributed by atoms with Crippen LogP contribution in [-0.2, 0) is 16.1 Å². The summed E-state index contributed by atoms with van der Waals surface area (Å²) in [4.78, 5) is 15.9. The lowest BCUT2D eigenvalue weighted by molar-refractivity contribution is 0.0593. The number of pyridine rings is 1. The summed E-state index contributed by atoms with van der Waals surface area (Å²) in [5.41, 5.74) is 2.34. The SMILES string of the molecule is CC.COCc1cc(C#Cc2ccc(OC)cc2)cc(C(=O)OC)n1. The summed E-state index contributed by atoms with van der Waals surface area (Å²) in [6.07, 6.45) is 0. The topological polar surface area (TPSA) is 57.7 Å². The molecule has 0 bridgehead atoms. The molecule has 132 valence electrons. The lowest BCUT2D eigenvalue weighted by atomic mass is 10.1. The molecule has 0 spiro atoms. The van der Waals surface area contributed by atoms with Crippen LogP contribution in [0.3, 0.4) is 0 Å². The van der Waals surface area contributed by atoms with Crippen molar-refractivity contribution in [1.29, 1.82) is 0 Å². The van der Waals surface area contributed by atoms with Crippen molar-refractivity contribution in [2.45, 2.75) is 20.5 Å². The first kappa shape index (κ1) is 20.2. The number of ether oxygens (including phenoxy) is 3. The minimum absolute atomic E-state index is 0.209. The lowest BCUT2D eigenvalue weighted by Gasteiger charge is -2.04. The maximum Gasteiger partial charge on any atom is 0.356 e. The Morgan fingerprint density at radius 3 is 2.20 bits per heavy atom. The van der Waals surface area contributed by atoms with Crippen LogP contribution >= 0.6 is 0 Å². The number of hydrogen-bond donors (Lipinski definition) is 0. The van der Waals surface area contributed by atoms with E-state index < -0.39 is 5.97 Å². The number of hydrogen-bond acceptors (Lipinski definition) is 5. The average Bonchev–Trinajstić information content (AvgIpc) is 2.67. The summed E-state index contributed by atoms with van der Waals surface area (Å²) in [6, 6.07) is 10.8. The molecule has 1 aromatic heterocycles. The fourth-order valence-corrected chi connectivity index (χ4v) is 1.91. The Morgan fingerprint density at radius 2 is 1.64 bits per heavy atom. The van der Waals surface area contributed by atoms with Crippen molar-refractivity contribution in [1.82, 2.24) is 4.98 Å². The summed E-state index contributed by atoms with van der Waals surface area (Å²) >= 11 is 0. The van der Waals surface area contributed by atoms with Crippen molar-refractivity contribution < 1.29 is 19.0 Å². The molecule has 25 heavy (non-hydrogen) atoms. The van der Waals surface area contributed by atoms with Gasteiger partial charge in [0.1, 0.15) is 11.4 Å². The van der Waals surface area contributed by atoms with E-state index in [0.717, 1.165) is 11.3 Å². The largest absolute Gasteiger partial charge is 0.497 e. The summed E-state index contributed by atoms with van der Waals surface area (Å²) < 4.78 is 14.9. The van der Waals surface area contributed by atoms with E-state index in [0.29, 0.717) is 17.9 Å². The number of carbonyl (C=O) groups excluding carboxylic acids is 1. The Balaban J connectivity index is 0.00000151. The first-order valence-electron chi connectivity index (χ1n) is 7.90. The van der Waals surface area contributed by atoms with Crippen molar-refractivity contribution in [3.63, 3.8) is 0 Å². The third kappa shape index (κ3) is 6.28. The van der Waals surface area contributed by atoms with Crippen molar-refractivity contribution in [3.8, 4) is 17.6 Å². The molecule has 5 heteroatoms. The van der Waals surface area contributed by atoms with Gasteiger partial charge in [0.15, 0.2) is 0 Å². The van der Waals surface area contributed by atoms with Gasteiger partial charge in [-0.2, -0.15) is 0 Å². The first-order chi connectivity index (χ1) is 12.2. The maximum absolute atomic E-state index is 11.7. The molecule has 0 saturated carbocycles. The predicted octanol–water partition coefficient (Wildman–Crippen LogP) is 3.45. The molecular formula is C20H23NO4. The second-order valence-electron chi connectivity index (χ2n) is 4.64. The zero-order valence-electron chi connectivity index (χ0n) is 15.3. The Labute approximate surface area is 148 Å². The molecule has 0 radical (unpaired) electrons. The Kier molecular flexibility index (Phi) is 8.77. The number of benzene rings is 1. The highest BCUT2D eigenvalue weighted by molar-refractivity contribution is 5.87. The Hall–Kier alpha value is -2.84. The monoisotopic (exact) mass is 341 g/mol. The van der Waals surface area contributed by atoms with Gasteiger partial charge in [-0.15, -0.1) is 0 Å². The zero-order chi connectivity index (χ0) is 18.7. The first-order valence-corrected chi connectivity index (χ1v) is 7.90. The molecule has 1 aromatic carbocycles. The highest BCUT2D eigenvalue weighted by Crippen LogP contribution is 2.11. The van der Waals surface area contributed by atoms with Crippen LogP contribution in [0.4, 0.5) is 0 Å². The Morgan fingerprint density at radius 1 is 1.00 bits per heavy atom. The minimum atomic E-state index is -0.504. The molecule has 2 rings (SSSR count). The van der Waals surface area contributed by atoms with E-state index in [1.807, 2.05) is 38.1 Å². The molecule has 0 saturated heterocycles. The van der Waals surface area contributed by atoms with E-state index >= 15 is 0 Å². The molecule has 0 amide bonds. The zero-order valence-corrected chi connectivity index (χ0v) is 15.3. The van der Waals surface area contributed by atoms with Crippen molar-refractivity contribution in [2.24, 2.45) is 0 Å². The summed E-state index contributed by atoms with van der Waals surface area (Å²) in [7, 11) is 4.49. The van der Waals surface area contributed by atoms with Gasteiger partial charge in [0.2, 0.25) is 0 Å².